The summed E-state index contributed by atoms with van der Waals surface area (Å²) in [4.78, 5) is 13.8. The van der Waals surface area contributed by atoms with Crippen LogP contribution in [-0.2, 0) is 11.3 Å². The van der Waals surface area contributed by atoms with Crippen LogP contribution in [0.4, 0.5) is 10.1 Å². The highest BCUT2D eigenvalue weighted by atomic mass is 35.5. The van der Waals surface area contributed by atoms with Crippen LogP contribution in [0.1, 0.15) is 5.56 Å². The van der Waals surface area contributed by atoms with E-state index in [2.05, 4.69) is 5.32 Å². The van der Waals surface area contributed by atoms with E-state index in [1.54, 1.807) is 0 Å². The Bertz CT molecular complexity index is 675. The van der Waals surface area contributed by atoms with Crippen molar-refractivity contribution in [2.75, 3.05) is 25.6 Å². The predicted molar refractivity (Wildman–Crippen MR) is 89.5 cm³/mol. The van der Waals surface area contributed by atoms with Crippen molar-refractivity contribution in [1.29, 1.82) is 0 Å². The molecule has 0 spiro atoms. The van der Waals surface area contributed by atoms with Gasteiger partial charge in [-0.2, -0.15) is 0 Å². The standard InChI is InChI=1S/C17H18ClFN2O2/c1-21(2)14-6-3-12(4-7-14)10-20-17(22)11-23-16-8-5-13(19)9-15(16)18/h3-9H,10-11H2,1-2H3,(H,20,22). The third-order valence-corrected chi connectivity index (χ3v) is 3.49. The molecule has 122 valence electrons. The summed E-state index contributed by atoms with van der Waals surface area (Å²) < 4.78 is 18.2. The molecule has 0 saturated carbocycles. The molecule has 0 heterocycles. The van der Waals surface area contributed by atoms with Crippen molar-refractivity contribution in [2.24, 2.45) is 0 Å². The molecule has 4 nitrogen and oxygen atoms in total. The molecule has 0 aromatic heterocycles. The van der Waals surface area contributed by atoms with Crippen LogP contribution >= 0.6 is 11.6 Å². The fraction of sp³-hybridized carbons (Fsp3) is 0.235. The van der Waals surface area contributed by atoms with Gasteiger partial charge in [-0.3, -0.25) is 4.79 Å². The maximum Gasteiger partial charge on any atom is 0.258 e. The molecule has 0 aliphatic rings. The van der Waals surface area contributed by atoms with Crippen molar-refractivity contribution < 1.29 is 13.9 Å². The zero-order chi connectivity index (χ0) is 16.8. The number of carbonyl (C=O) groups excluding carboxylic acids is 1. The van der Waals surface area contributed by atoms with Crippen molar-refractivity contribution in [1.82, 2.24) is 5.32 Å². The third kappa shape index (κ3) is 5.14. The lowest BCUT2D eigenvalue weighted by Crippen LogP contribution is -2.28. The lowest BCUT2D eigenvalue weighted by molar-refractivity contribution is -0.123. The minimum absolute atomic E-state index is 0.136. The molecule has 0 fully saturated rings. The average Bonchev–Trinajstić information content (AvgIpc) is 2.52. The SMILES string of the molecule is CN(C)c1ccc(CNC(=O)COc2ccc(F)cc2Cl)cc1. The Hall–Kier alpha value is -2.27. The molecule has 0 unspecified atom stereocenters. The number of halogens is 2. The molecular formula is C17H18ClFN2O2. The highest BCUT2D eigenvalue weighted by molar-refractivity contribution is 6.32. The van der Waals surface area contributed by atoms with Crippen LogP contribution in [0.3, 0.4) is 0 Å². The van der Waals surface area contributed by atoms with Crippen molar-refractivity contribution in [3.05, 3.63) is 58.9 Å². The third-order valence-electron chi connectivity index (χ3n) is 3.20. The summed E-state index contributed by atoms with van der Waals surface area (Å²) in [5.41, 5.74) is 2.08. The minimum atomic E-state index is -0.451. The number of nitrogens with one attached hydrogen (secondary N) is 1. The van der Waals surface area contributed by atoms with E-state index in [1.165, 1.54) is 12.1 Å². The van der Waals surface area contributed by atoms with E-state index in [1.807, 2.05) is 43.3 Å². The highest BCUT2D eigenvalue weighted by Crippen LogP contribution is 2.24. The van der Waals surface area contributed by atoms with Gasteiger partial charge in [0.1, 0.15) is 11.6 Å². The Balaban J connectivity index is 1.80. The van der Waals surface area contributed by atoms with Gasteiger partial charge >= 0.3 is 0 Å². The normalized spacial score (nSPS) is 10.3. The Morgan fingerprint density at radius 1 is 1.22 bits per heavy atom. The summed E-state index contributed by atoms with van der Waals surface area (Å²) in [7, 11) is 3.93. The molecule has 1 amide bonds. The van der Waals surface area contributed by atoms with E-state index >= 15 is 0 Å². The Morgan fingerprint density at radius 3 is 2.52 bits per heavy atom. The first-order valence-corrected chi connectivity index (χ1v) is 7.44. The zero-order valence-corrected chi connectivity index (χ0v) is 13.7. The number of hydrogen-bond donors (Lipinski definition) is 1. The minimum Gasteiger partial charge on any atom is -0.482 e. The molecule has 0 bridgehead atoms. The lowest BCUT2D eigenvalue weighted by atomic mass is 10.2. The van der Waals surface area contributed by atoms with E-state index in [0.717, 1.165) is 17.3 Å². The molecule has 0 aliphatic carbocycles. The van der Waals surface area contributed by atoms with Crippen LogP contribution < -0.4 is 15.0 Å². The van der Waals surface area contributed by atoms with Gasteiger partial charge in [0, 0.05) is 26.3 Å². The van der Waals surface area contributed by atoms with Crippen LogP contribution in [0.2, 0.25) is 5.02 Å². The zero-order valence-electron chi connectivity index (χ0n) is 13.0. The van der Waals surface area contributed by atoms with Crippen LogP contribution in [0.5, 0.6) is 5.75 Å². The predicted octanol–water partition coefficient (Wildman–Crippen LogP) is 3.24. The topological polar surface area (TPSA) is 41.6 Å². The van der Waals surface area contributed by atoms with Crippen LogP contribution in [-0.4, -0.2) is 26.6 Å². The van der Waals surface area contributed by atoms with Crippen molar-refractivity contribution >= 4 is 23.2 Å². The second kappa shape index (κ2) is 7.83. The Kier molecular flexibility index (Phi) is 5.82. The fourth-order valence-corrected chi connectivity index (χ4v) is 2.12. The molecule has 2 aromatic carbocycles. The van der Waals surface area contributed by atoms with Gasteiger partial charge in [-0.1, -0.05) is 23.7 Å². The number of hydrogen-bond acceptors (Lipinski definition) is 3. The van der Waals surface area contributed by atoms with Crippen molar-refractivity contribution in [3.8, 4) is 5.75 Å². The van der Waals surface area contributed by atoms with Crippen LogP contribution in [0, 0.1) is 5.82 Å². The monoisotopic (exact) mass is 336 g/mol. The van der Waals surface area contributed by atoms with Crippen LogP contribution in [0.15, 0.2) is 42.5 Å². The van der Waals surface area contributed by atoms with E-state index in [4.69, 9.17) is 16.3 Å². The number of nitrogens with zero attached hydrogens (tertiary/aromatic N) is 1. The van der Waals surface area contributed by atoms with Gasteiger partial charge in [0.15, 0.2) is 6.61 Å². The molecule has 0 atom stereocenters. The number of benzene rings is 2. The number of ether oxygens (including phenoxy) is 1. The summed E-state index contributed by atoms with van der Waals surface area (Å²) in [6.45, 7) is 0.230. The number of anilines is 1. The second-order valence-electron chi connectivity index (χ2n) is 5.20. The Morgan fingerprint density at radius 2 is 1.91 bits per heavy atom. The van der Waals surface area contributed by atoms with Crippen LogP contribution in [0.25, 0.3) is 0 Å². The molecule has 0 radical (unpaired) electrons. The fourth-order valence-electron chi connectivity index (χ4n) is 1.90. The molecular weight excluding hydrogens is 319 g/mol. The average molecular weight is 337 g/mol. The first-order valence-electron chi connectivity index (χ1n) is 7.06. The number of carbonyl (C=O) groups is 1. The van der Waals surface area contributed by atoms with E-state index in [-0.39, 0.29) is 23.3 Å². The first-order chi connectivity index (χ1) is 11.0. The lowest BCUT2D eigenvalue weighted by Gasteiger charge is -2.13. The summed E-state index contributed by atoms with van der Waals surface area (Å²) in [6.07, 6.45) is 0. The quantitative estimate of drug-likeness (QED) is 0.880. The molecule has 23 heavy (non-hydrogen) atoms. The van der Waals surface area contributed by atoms with Gasteiger partial charge in [-0.15, -0.1) is 0 Å². The molecule has 2 aromatic rings. The summed E-state index contributed by atoms with van der Waals surface area (Å²) in [6, 6.07) is 11.6. The largest absolute Gasteiger partial charge is 0.482 e. The van der Waals surface area contributed by atoms with Gasteiger partial charge in [-0.05, 0) is 35.9 Å². The van der Waals surface area contributed by atoms with Crippen molar-refractivity contribution in [2.45, 2.75) is 6.54 Å². The highest BCUT2D eigenvalue weighted by Gasteiger charge is 2.07. The van der Waals surface area contributed by atoms with Gasteiger partial charge in [-0.25, -0.2) is 4.39 Å². The molecule has 6 heteroatoms. The molecule has 0 saturated heterocycles. The molecule has 1 N–H and O–H groups in total. The molecule has 2 rings (SSSR count). The maximum atomic E-state index is 12.9. The van der Waals surface area contributed by atoms with Gasteiger partial charge in [0.2, 0.25) is 0 Å². The van der Waals surface area contributed by atoms with Gasteiger partial charge < -0.3 is 15.0 Å². The van der Waals surface area contributed by atoms with E-state index in [9.17, 15) is 9.18 Å². The first kappa shape index (κ1) is 17.1. The smallest absolute Gasteiger partial charge is 0.258 e. The maximum absolute atomic E-state index is 12.9. The second-order valence-corrected chi connectivity index (χ2v) is 5.61. The summed E-state index contributed by atoms with van der Waals surface area (Å²) in [5, 5.41) is 2.89. The number of rotatable bonds is 6. The summed E-state index contributed by atoms with van der Waals surface area (Å²) in [5.74, 6) is -0.450. The van der Waals surface area contributed by atoms with E-state index < -0.39 is 5.82 Å². The Labute approximate surface area is 139 Å². The van der Waals surface area contributed by atoms with Gasteiger partial charge in [0.05, 0.1) is 5.02 Å². The number of amides is 1. The molecule has 0 aliphatic heterocycles. The van der Waals surface area contributed by atoms with Crippen molar-refractivity contribution in [3.63, 3.8) is 0 Å². The van der Waals surface area contributed by atoms with E-state index in [0.29, 0.717) is 6.54 Å². The summed E-state index contributed by atoms with van der Waals surface area (Å²) >= 11 is 5.83. The van der Waals surface area contributed by atoms with Gasteiger partial charge in [0.25, 0.3) is 5.91 Å².